The van der Waals surface area contributed by atoms with E-state index in [1.165, 1.54) is 10.9 Å². The van der Waals surface area contributed by atoms with Gasteiger partial charge in [-0.3, -0.25) is 4.57 Å². The van der Waals surface area contributed by atoms with Gasteiger partial charge in [0, 0.05) is 23.9 Å². The number of nitrogens with one attached hydrogen (secondary N) is 1. The molecule has 1 fully saturated rings. The Morgan fingerprint density at radius 3 is 3.14 bits per heavy atom. The van der Waals surface area contributed by atoms with Crippen LogP contribution < -0.4 is 5.32 Å². The first kappa shape index (κ1) is 8.99. The van der Waals surface area contributed by atoms with Crippen molar-refractivity contribution in [1.29, 1.82) is 0 Å². The first-order chi connectivity index (χ1) is 6.65. The van der Waals surface area contributed by atoms with Crippen LogP contribution in [0.15, 0.2) is 31.4 Å². The molecule has 1 aromatic rings. The van der Waals surface area contributed by atoms with Crippen molar-refractivity contribution in [1.82, 2.24) is 14.9 Å². The van der Waals surface area contributed by atoms with Gasteiger partial charge in [0.2, 0.25) is 0 Å². The first-order valence-corrected chi connectivity index (χ1v) is 4.59. The van der Waals surface area contributed by atoms with Crippen molar-refractivity contribution in [2.24, 2.45) is 5.92 Å². The van der Waals surface area contributed by atoms with Gasteiger partial charge in [0.05, 0.1) is 0 Å². The second-order valence-electron chi connectivity index (χ2n) is 3.86. The quantitative estimate of drug-likeness (QED) is 0.718. The number of nitrogens with zero attached hydrogens (tertiary/aromatic N) is 2. The minimum atomic E-state index is -0.130. The zero-order chi connectivity index (χ0) is 10.2. The van der Waals surface area contributed by atoms with Gasteiger partial charge in [-0.05, 0) is 13.3 Å². The largest absolute Gasteiger partial charge is 0.332 e. The zero-order valence-corrected chi connectivity index (χ0v) is 8.10. The molecule has 1 saturated carbocycles. The number of rotatable bonds is 2. The van der Waals surface area contributed by atoms with Crippen LogP contribution in [-0.4, -0.2) is 21.1 Å². The minimum Gasteiger partial charge on any atom is -0.332 e. The van der Waals surface area contributed by atoms with Gasteiger partial charge in [-0.25, -0.2) is 9.78 Å². The number of carbonyl (C=O) groups is 1. The molecular weight excluding hydrogens is 178 g/mol. The summed E-state index contributed by atoms with van der Waals surface area (Å²) in [6.45, 7) is 5.74. The molecule has 0 bridgehead atoms. The van der Waals surface area contributed by atoms with Crippen LogP contribution in [0.25, 0.3) is 0 Å². The number of hydrogen-bond acceptors (Lipinski definition) is 2. The van der Waals surface area contributed by atoms with Crippen LogP contribution in [0.5, 0.6) is 0 Å². The summed E-state index contributed by atoms with van der Waals surface area (Å²) in [7, 11) is 0. The standard InChI is InChI=1S/C10H13N3O/c1-3-8-6-10(8,2)12-9(14)13-5-4-11-7-13/h3-5,7-8H,1,6H2,2H3,(H,12,14)/t8-,10-/m1/s1. The van der Waals surface area contributed by atoms with Crippen molar-refractivity contribution in [3.63, 3.8) is 0 Å². The monoisotopic (exact) mass is 191 g/mol. The molecule has 0 radical (unpaired) electrons. The van der Waals surface area contributed by atoms with E-state index in [9.17, 15) is 4.79 Å². The minimum absolute atomic E-state index is 0.108. The predicted octanol–water partition coefficient (Wildman–Crippen LogP) is 1.41. The third kappa shape index (κ3) is 1.43. The van der Waals surface area contributed by atoms with Crippen molar-refractivity contribution in [2.45, 2.75) is 18.9 Å². The highest BCUT2D eigenvalue weighted by Gasteiger charge is 2.49. The van der Waals surface area contributed by atoms with E-state index in [2.05, 4.69) is 16.9 Å². The van der Waals surface area contributed by atoms with Gasteiger partial charge in [0.15, 0.2) is 0 Å². The second kappa shape index (κ2) is 2.97. The Kier molecular flexibility index (Phi) is 1.91. The van der Waals surface area contributed by atoms with Crippen molar-refractivity contribution in [3.05, 3.63) is 31.4 Å². The van der Waals surface area contributed by atoms with E-state index in [0.29, 0.717) is 5.92 Å². The number of carbonyl (C=O) groups excluding carboxylic acids is 1. The third-order valence-corrected chi connectivity index (χ3v) is 2.72. The molecule has 0 aromatic carbocycles. The number of hydrogen-bond donors (Lipinski definition) is 1. The van der Waals surface area contributed by atoms with E-state index in [4.69, 9.17) is 0 Å². The summed E-state index contributed by atoms with van der Waals surface area (Å²) in [5, 5.41) is 2.95. The van der Waals surface area contributed by atoms with Gasteiger partial charge < -0.3 is 5.32 Å². The maximum absolute atomic E-state index is 11.6. The molecule has 14 heavy (non-hydrogen) atoms. The van der Waals surface area contributed by atoms with E-state index in [1.54, 1.807) is 12.4 Å². The molecule has 4 heteroatoms. The molecule has 0 saturated heterocycles. The van der Waals surface area contributed by atoms with Gasteiger partial charge in [0.1, 0.15) is 6.33 Å². The van der Waals surface area contributed by atoms with Gasteiger partial charge in [-0.15, -0.1) is 6.58 Å². The van der Waals surface area contributed by atoms with Crippen molar-refractivity contribution in [2.75, 3.05) is 0 Å². The molecule has 0 spiro atoms. The molecule has 2 rings (SSSR count). The molecule has 1 aliphatic rings. The van der Waals surface area contributed by atoms with Crippen molar-refractivity contribution >= 4 is 6.03 Å². The fraction of sp³-hybridized carbons (Fsp3) is 0.400. The van der Waals surface area contributed by atoms with Crippen molar-refractivity contribution < 1.29 is 4.79 Å². The first-order valence-electron chi connectivity index (χ1n) is 4.59. The zero-order valence-electron chi connectivity index (χ0n) is 8.10. The van der Waals surface area contributed by atoms with Gasteiger partial charge in [0.25, 0.3) is 0 Å². The van der Waals surface area contributed by atoms with Gasteiger partial charge in [-0.2, -0.15) is 0 Å². The summed E-state index contributed by atoms with van der Waals surface area (Å²) in [6, 6.07) is -0.130. The lowest BCUT2D eigenvalue weighted by molar-refractivity contribution is 0.237. The SMILES string of the molecule is C=C[C@@H]1C[C@@]1(C)NC(=O)n1ccnc1. The van der Waals surface area contributed by atoms with E-state index >= 15 is 0 Å². The fourth-order valence-corrected chi connectivity index (χ4v) is 1.57. The molecule has 1 N–H and O–H groups in total. The highest BCUT2D eigenvalue weighted by Crippen LogP contribution is 2.43. The van der Waals surface area contributed by atoms with Crippen LogP contribution in [0, 0.1) is 5.92 Å². The molecular formula is C10H13N3O. The maximum Gasteiger partial charge on any atom is 0.327 e. The molecule has 1 aliphatic carbocycles. The van der Waals surface area contributed by atoms with Gasteiger partial charge >= 0.3 is 6.03 Å². The van der Waals surface area contributed by atoms with E-state index < -0.39 is 0 Å². The lowest BCUT2D eigenvalue weighted by Crippen LogP contribution is -2.38. The lowest BCUT2D eigenvalue weighted by atomic mass is 10.2. The van der Waals surface area contributed by atoms with E-state index in [0.717, 1.165) is 6.42 Å². The molecule has 1 heterocycles. The molecule has 4 nitrogen and oxygen atoms in total. The van der Waals surface area contributed by atoms with Crippen LogP contribution >= 0.6 is 0 Å². The summed E-state index contributed by atoms with van der Waals surface area (Å²) in [4.78, 5) is 15.4. The normalized spacial score (nSPS) is 29.6. The highest BCUT2D eigenvalue weighted by atomic mass is 16.2. The van der Waals surface area contributed by atoms with Crippen LogP contribution in [0.2, 0.25) is 0 Å². The summed E-state index contributed by atoms with van der Waals surface area (Å²) < 4.78 is 1.43. The molecule has 1 aromatic heterocycles. The predicted molar refractivity (Wildman–Crippen MR) is 52.9 cm³/mol. The fourth-order valence-electron chi connectivity index (χ4n) is 1.57. The molecule has 2 atom stereocenters. The average molecular weight is 191 g/mol. The third-order valence-electron chi connectivity index (χ3n) is 2.72. The Labute approximate surface area is 82.6 Å². The van der Waals surface area contributed by atoms with Crippen molar-refractivity contribution in [3.8, 4) is 0 Å². The molecule has 0 aliphatic heterocycles. The Balaban J connectivity index is 2.00. The van der Waals surface area contributed by atoms with E-state index in [-0.39, 0.29) is 11.6 Å². The number of imidazole rings is 1. The second-order valence-corrected chi connectivity index (χ2v) is 3.86. The number of aromatic nitrogens is 2. The summed E-state index contributed by atoms with van der Waals surface area (Å²) in [5.74, 6) is 0.398. The van der Waals surface area contributed by atoms with Crippen LogP contribution in [0.3, 0.4) is 0 Å². The Bertz CT molecular complexity index is 357. The Morgan fingerprint density at radius 1 is 1.86 bits per heavy atom. The van der Waals surface area contributed by atoms with E-state index in [1.807, 2.05) is 13.0 Å². The summed E-state index contributed by atoms with van der Waals surface area (Å²) in [5.41, 5.74) is -0.108. The molecule has 74 valence electrons. The van der Waals surface area contributed by atoms with Crippen LogP contribution in [0.1, 0.15) is 13.3 Å². The smallest absolute Gasteiger partial charge is 0.327 e. The topological polar surface area (TPSA) is 46.9 Å². The summed E-state index contributed by atoms with van der Waals surface area (Å²) in [6.07, 6.45) is 7.55. The molecule has 0 unspecified atom stereocenters. The maximum atomic E-state index is 11.6. The average Bonchev–Trinajstić information content (AvgIpc) is 2.65. The van der Waals surface area contributed by atoms with Gasteiger partial charge in [-0.1, -0.05) is 6.08 Å². The lowest BCUT2D eigenvalue weighted by Gasteiger charge is -2.12. The Morgan fingerprint density at radius 2 is 2.64 bits per heavy atom. The number of amides is 1. The summed E-state index contributed by atoms with van der Waals surface area (Å²) >= 11 is 0. The molecule has 1 amide bonds. The van der Waals surface area contributed by atoms with Crippen LogP contribution in [0.4, 0.5) is 4.79 Å². The Hall–Kier alpha value is -1.58. The highest BCUT2D eigenvalue weighted by molar-refractivity contribution is 5.77. The van der Waals surface area contributed by atoms with Crippen LogP contribution in [-0.2, 0) is 0 Å².